The summed E-state index contributed by atoms with van der Waals surface area (Å²) >= 11 is 0. The molecule has 0 saturated carbocycles. The lowest BCUT2D eigenvalue weighted by molar-refractivity contribution is -0.118. The van der Waals surface area contributed by atoms with Crippen molar-refractivity contribution >= 4 is 28.7 Å². The average molecular weight is 414 g/mol. The van der Waals surface area contributed by atoms with Gasteiger partial charge in [0.05, 0.1) is 22.3 Å². The van der Waals surface area contributed by atoms with Gasteiger partial charge in [0, 0.05) is 12.1 Å². The van der Waals surface area contributed by atoms with E-state index in [0.29, 0.717) is 12.1 Å². The highest BCUT2D eigenvalue weighted by molar-refractivity contribution is 6.41. The molecule has 10 heteroatoms. The molecular weight excluding hydrogens is 400 g/mol. The zero-order valence-electron chi connectivity index (χ0n) is 15.5. The normalized spacial score (nSPS) is 19.1. The van der Waals surface area contributed by atoms with Crippen molar-refractivity contribution in [1.82, 2.24) is 0 Å². The molecule has 0 fully saturated rings. The molecule has 0 unspecified atom stereocenters. The van der Waals surface area contributed by atoms with Crippen LogP contribution in [0.25, 0.3) is 5.57 Å². The van der Waals surface area contributed by atoms with E-state index in [2.05, 4.69) is 0 Å². The first-order chi connectivity index (χ1) is 13.9. The van der Waals surface area contributed by atoms with Crippen molar-refractivity contribution in [2.75, 3.05) is 0 Å². The van der Waals surface area contributed by atoms with Gasteiger partial charge in [-0.05, 0) is 13.8 Å². The predicted octanol–water partition coefficient (Wildman–Crippen LogP) is 1.58. The molecule has 0 aliphatic heterocycles. The fraction of sp³-hybridized carbons (Fsp3) is 0.100. The molecule has 1 aromatic carbocycles. The third-order valence-electron chi connectivity index (χ3n) is 4.64. The SMILES string of the molecule is CC(=O)C1=C(O)/C(=C2\C(=O)C(c3c(O)cc(O)c(C(C)=O)c3O)=C2O)C(O)=CC1=O. The zero-order chi connectivity index (χ0) is 22.7. The van der Waals surface area contributed by atoms with Crippen LogP contribution in [0.15, 0.2) is 46.1 Å². The van der Waals surface area contributed by atoms with Crippen molar-refractivity contribution in [1.29, 1.82) is 0 Å². The number of hydrogen-bond donors (Lipinski definition) is 6. The smallest absolute Gasteiger partial charge is 0.202 e. The van der Waals surface area contributed by atoms with Gasteiger partial charge in [0.1, 0.15) is 45.7 Å². The van der Waals surface area contributed by atoms with Gasteiger partial charge in [-0.2, -0.15) is 0 Å². The Bertz CT molecular complexity index is 1220. The Labute approximate surface area is 167 Å². The molecule has 0 saturated heterocycles. The minimum absolute atomic E-state index is 0.584. The second kappa shape index (κ2) is 6.62. The number of ketones is 4. The molecule has 0 radical (unpaired) electrons. The van der Waals surface area contributed by atoms with E-state index in [1.54, 1.807) is 0 Å². The van der Waals surface area contributed by atoms with Crippen LogP contribution in [-0.4, -0.2) is 53.8 Å². The van der Waals surface area contributed by atoms with Crippen LogP contribution >= 0.6 is 0 Å². The summed E-state index contributed by atoms with van der Waals surface area (Å²) < 4.78 is 0. The molecule has 3 rings (SSSR count). The van der Waals surface area contributed by atoms with Crippen molar-refractivity contribution in [2.24, 2.45) is 0 Å². The summed E-state index contributed by atoms with van der Waals surface area (Å²) in [7, 11) is 0. The predicted molar refractivity (Wildman–Crippen MR) is 99.1 cm³/mol. The summed E-state index contributed by atoms with van der Waals surface area (Å²) in [5.41, 5.74) is -4.01. The Kier molecular flexibility index (Phi) is 4.50. The van der Waals surface area contributed by atoms with E-state index in [4.69, 9.17) is 0 Å². The maximum absolute atomic E-state index is 12.7. The number of allylic oxidation sites excluding steroid dienone is 4. The molecule has 0 bridgehead atoms. The molecule has 6 N–H and O–H groups in total. The van der Waals surface area contributed by atoms with Crippen LogP contribution in [0.3, 0.4) is 0 Å². The van der Waals surface area contributed by atoms with Gasteiger partial charge in [0.2, 0.25) is 5.78 Å². The van der Waals surface area contributed by atoms with Gasteiger partial charge in [-0.1, -0.05) is 0 Å². The summed E-state index contributed by atoms with van der Waals surface area (Å²) in [6.45, 7) is 1.98. The summed E-state index contributed by atoms with van der Waals surface area (Å²) in [4.78, 5) is 47.8. The Morgan fingerprint density at radius 1 is 0.767 bits per heavy atom. The molecule has 154 valence electrons. The van der Waals surface area contributed by atoms with E-state index in [9.17, 15) is 49.8 Å². The van der Waals surface area contributed by atoms with E-state index in [1.807, 2.05) is 0 Å². The van der Waals surface area contributed by atoms with E-state index >= 15 is 0 Å². The van der Waals surface area contributed by atoms with E-state index < -0.39 is 91.1 Å². The van der Waals surface area contributed by atoms with Crippen LogP contribution in [0.4, 0.5) is 0 Å². The number of aliphatic hydroxyl groups excluding tert-OH is 3. The van der Waals surface area contributed by atoms with Crippen molar-refractivity contribution in [3.63, 3.8) is 0 Å². The monoisotopic (exact) mass is 414 g/mol. The second-order valence-corrected chi connectivity index (χ2v) is 6.55. The number of aliphatic hydroxyl groups is 3. The number of aromatic hydroxyl groups is 3. The third kappa shape index (κ3) is 2.65. The number of carbonyl (C=O) groups excluding carboxylic acids is 4. The maximum Gasteiger partial charge on any atom is 0.202 e. The summed E-state index contributed by atoms with van der Waals surface area (Å²) in [5, 5.41) is 60.7. The largest absolute Gasteiger partial charge is 0.507 e. The molecule has 0 atom stereocenters. The Morgan fingerprint density at radius 2 is 1.37 bits per heavy atom. The van der Waals surface area contributed by atoms with Gasteiger partial charge in [0.25, 0.3) is 0 Å². The number of phenols is 3. The number of carbonyl (C=O) groups is 4. The van der Waals surface area contributed by atoms with Crippen molar-refractivity contribution < 1.29 is 49.8 Å². The summed E-state index contributed by atoms with van der Waals surface area (Å²) in [6.07, 6.45) is 0.584. The van der Waals surface area contributed by atoms with Gasteiger partial charge in [0.15, 0.2) is 17.3 Å². The van der Waals surface area contributed by atoms with Gasteiger partial charge in [-0.3, -0.25) is 19.2 Å². The first-order valence-corrected chi connectivity index (χ1v) is 8.31. The van der Waals surface area contributed by atoms with Crippen LogP contribution in [0.1, 0.15) is 29.8 Å². The Balaban J connectivity index is 2.32. The van der Waals surface area contributed by atoms with E-state index in [0.717, 1.165) is 13.8 Å². The van der Waals surface area contributed by atoms with E-state index in [1.165, 1.54) is 0 Å². The van der Waals surface area contributed by atoms with Gasteiger partial charge >= 0.3 is 0 Å². The summed E-state index contributed by atoms with van der Waals surface area (Å²) in [6, 6.07) is 0.687. The van der Waals surface area contributed by atoms with Crippen LogP contribution < -0.4 is 0 Å². The lowest BCUT2D eigenvalue weighted by Crippen LogP contribution is -2.27. The molecule has 0 spiro atoms. The number of hydrogen-bond acceptors (Lipinski definition) is 10. The van der Waals surface area contributed by atoms with Gasteiger partial charge in [-0.25, -0.2) is 0 Å². The van der Waals surface area contributed by atoms with Crippen molar-refractivity contribution in [3.8, 4) is 17.2 Å². The van der Waals surface area contributed by atoms with Gasteiger partial charge < -0.3 is 30.6 Å². The van der Waals surface area contributed by atoms with Crippen LogP contribution in [0, 0.1) is 0 Å². The Hall–Kier alpha value is -4.34. The number of phenolic OH excluding ortho intramolecular Hbond substituents is 3. The van der Waals surface area contributed by atoms with Crippen molar-refractivity contribution in [2.45, 2.75) is 13.8 Å². The molecule has 10 nitrogen and oxygen atoms in total. The number of benzene rings is 1. The van der Waals surface area contributed by atoms with Crippen LogP contribution in [0.2, 0.25) is 0 Å². The minimum atomic E-state index is -1.09. The molecule has 0 heterocycles. The fourth-order valence-corrected chi connectivity index (χ4v) is 3.32. The standard InChI is InChI=1S/C20H14O10/c1-5(21)11-7(23)3-9(25)13(17(11)27)15-19(29)16(20(15)30)14-10(26)4-8(24)12(6(2)22)18(14)28/h3-4,23,25-29H,1-2H3/b16-14-. The van der Waals surface area contributed by atoms with Gasteiger partial charge in [-0.15, -0.1) is 0 Å². The Morgan fingerprint density at radius 3 is 1.87 bits per heavy atom. The first kappa shape index (κ1) is 20.4. The molecule has 2 aliphatic carbocycles. The highest BCUT2D eigenvalue weighted by Gasteiger charge is 2.44. The topological polar surface area (TPSA) is 190 Å². The highest BCUT2D eigenvalue weighted by Crippen LogP contribution is 2.49. The van der Waals surface area contributed by atoms with Crippen LogP contribution in [0.5, 0.6) is 17.2 Å². The fourth-order valence-electron chi connectivity index (χ4n) is 3.32. The maximum atomic E-state index is 12.7. The first-order valence-electron chi connectivity index (χ1n) is 8.31. The highest BCUT2D eigenvalue weighted by atomic mass is 16.3. The molecule has 30 heavy (non-hydrogen) atoms. The quantitative estimate of drug-likeness (QED) is 0.240. The molecule has 0 aromatic heterocycles. The molecular formula is C20H14O10. The average Bonchev–Trinajstić information content (AvgIpc) is 2.60. The minimum Gasteiger partial charge on any atom is -0.507 e. The molecule has 2 aliphatic rings. The molecule has 0 amide bonds. The number of Topliss-reactive ketones (excluding diaryl/α,β-unsaturated/α-hetero) is 3. The second-order valence-electron chi connectivity index (χ2n) is 6.55. The van der Waals surface area contributed by atoms with Crippen LogP contribution in [-0.2, 0) is 14.4 Å². The zero-order valence-corrected chi connectivity index (χ0v) is 15.5. The number of rotatable bonds is 3. The summed E-state index contributed by atoms with van der Waals surface area (Å²) in [5.74, 6) is -9.11. The lowest BCUT2D eigenvalue weighted by Gasteiger charge is -2.27. The van der Waals surface area contributed by atoms with Crippen molar-refractivity contribution in [3.05, 3.63) is 57.3 Å². The molecule has 1 aromatic rings. The van der Waals surface area contributed by atoms with E-state index in [-0.39, 0.29) is 0 Å². The lowest BCUT2D eigenvalue weighted by atomic mass is 9.77. The third-order valence-corrected chi connectivity index (χ3v) is 4.64.